The molecule has 4 aromatic rings. The molecule has 13 heteroatoms. The summed E-state index contributed by atoms with van der Waals surface area (Å²) in [5.41, 5.74) is 3.10. The summed E-state index contributed by atoms with van der Waals surface area (Å²) in [5.74, 6) is -0.129. The molecule has 3 aromatic carbocycles. The Morgan fingerprint density at radius 3 is 2.05 bits per heavy atom. The Balaban J connectivity index is 1.41. The smallest absolute Gasteiger partial charge is 0.407 e. The number of nitrogens with one attached hydrogen (secondary N) is 3. The van der Waals surface area contributed by atoms with Crippen LogP contribution in [0.4, 0.5) is 9.59 Å². The van der Waals surface area contributed by atoms with Crippen molar-refractivity contribution in [1.29, 1.82) is 0 Å². The number of aliphatic hydroxyl groups is 1. The van der Waals surface area contributed by atoms with Gasteiger partial charge in [-0.05, 0) is 71.0 Å². The minimum absolute atomic E-state index is 0.0533. The average Bonchev–Trinajstić information content (AvgIpc) is 3.57. The van der Waals surface area contributed by atoms with Gasteiger partial charge in [-0.2, -0.15) is 0 Å². The molecule has 0 saturated carbocycles. The van der Waals surface area contributed by atoms with Crippen LogP contribution in [0.1, 0.15) is 64.7 Å². The summed E-state index contributed by atoms with van der Waals surface area (Å²) in [6, 6.07) is 27.2. The minimum atomic E-state index is -1.15. The maximum Gasteiger partial charge on any atom is 0.407 e. The molecule has 1 aromatic heterocycles. The Bertz CT molecular complexity index is 2070. The van der Waals surface area contributed by atoms with E-state index in [2.05, 4.69) is 20.9 Å². The third kappa shape index (κ3) is 12.8. The van der Waals surface area contributed by atoms with E-state index in [0.717, 1.165) is 27.9 Å². The van der Waals surface area contributed by atoms with E-state index in [4.69, 9.17) is 9.47 Å². The molecule has 5 amide bonds. The van der Waals surface area contributed by atoms with E-state index in [9.17, 15) is 24.3 Å². The number of methoxy groups -OCH3 is 2. The van der Waals surface area contributed by atoms with Crippen molar-refractivity contribution in [2.45, 2.75) is 97.6 Å². The molecule has 2 heterocycles. The molecule has 0 radical (unpaired) electrons. The van der Waals surface area contributed by atoms with Crippen molar-refractivity contribution in [3.63, 3.8) is 0 Å². The van der Waals surface area contributed by atoms with Crippen molar-refractivity contribution in [3.05, 3.63) is 120 Å². The third-order valence-electron chi connectivity index (χ3n) is 11.0. The normalized spacial score (nSPS) is 15.6. The Kier molecular flexibility index (Phi) is 15.5. The van der Waals surface area contributed by atoms with E-state index in [-0.39, 0.29) is 24.8 Å². The van der Waals surface area contributed by atoms with Crippen LogP contribution in [0.5, 0.6) is 5.75 Å². The second-order valence-electron chi connectivity index (χ2n) is 17.9. The highest BCUT2D eigenvalue weighted by Gasteiger charge is 2.44. The fraction of sp³-hybridized carbons (Fsp3) is 0.438. The highest BCUT2D eigenvalue weighted by molar-refractivity contribution is 5.89. The molecule has 0 spiro atoms. The molecule has 61 heavy (non-hydrogen) atoms. The number of amides is 5. The van der Waals surface area contributed by atoms with Crippen LogP contribution in [0.3, 0.4) is 0 Å². The van der Waals surface area contributed by atoms with Crippen molar-refractivity contribution in [2.75, 3.05) is 27.3 Å². The number of nitrogens with zero attached hydrogens (tertiary/aromatic N) is 3. The number of hydrogen-bond acceptors (Lipinski definition) is 8. The van der Waals surface area contributed by atoms with Crippen LogP contribution in [-0.2, 0) is 33.7 Å². The Morgan fingerprint density at radius 2 is 1.43 bits per heavy atom. The van der Waals surface area contributed by atoms with Gasteiger partial charge in [0, 0.05) is 37.4 Å². The quantitative estimate of drug-likeness (QED) is 0.0953. The molecule has 5 rings (SSSR count). The van der Waals surface area contributed by atoms with E-state index in [1.165, 1.54) is 7.11 Å². The lowest BCUT2D eigenvalue weighted by molar-refractivity contribution is -0.131. The lowest BCUT2D eigenvalue weighted by Gasteiger charge is -2.38. The topological polar surface area (TPSA) is 162 Å². The molecule has 1 fully saturated rings. The van der Waals surface area contributed by atoms with Crippen molar-refractivity contribution >= 4 is 23.9 Å². The van der Waals surface area contributed by atoms with Crippen molar-refractivity contribution in [1.82, 2.24) is 30.7 Å². The lowest BCUT2D eigenvalue weighted by Crippen LogP contribution is -2.59. The number of pyridine rings is 1. The van der Waals surface area contributed by atoms with Gasteiger partial charge in [-0.15, -0.1) is 0 Å². The van der Waals surface area contributed by atoms with Crippen molar-refractivity contribution < 1.29 is 33.8 Å². The first kappa shape index (κ1) is 46.1. The molecule has 326 valence electrons. The highest BCUT2D eigenvalue weighted by atomic mass is 16.5. The van der Waals surface area contributed by atoms with Gasteiger partial charge in [0.2, 0.25) is 11.8 Å². The fourth-order valence-corrected chi connectivity index (χ4v) is 7.81. The van der Waals surface area contributed by atoms with Gasteiger partial charge >= 0.3 is 12.1 Å². The van der Waals surface area contributed by atoms with E-state index < -0.39 is 53.1 Å². The van der Waals surface area contributed by atoms with Crippen LogP contribution >= 0.6 is 0 Å². The zero-order valence-corrected chi connectivity index (χ0v) is 36.7. The molecule has 5 atom stereocenters. The van der Waals surface area contributed by atoms with Gasteiger partial charge in [-0.3, -0.25) is 14.6 Å². The second-order valence-corrected chi connectivity index (χ2v) is 17.9. The Hall–Kier alpha value is -5.95. The van der Waals surface area contributed by atoms with Crippen LogP contribution in [0.15, 0.2) is 103 Å². The number of rotatable bonds is 17. The number of aliphatic hydroxyl groups excluding tert-OH is 1. The first-order valence-electron chi connectivity index (χ1n) is 20.8. The molecular formula is C48H62N6O7. The molecule has 0 aliphatic carbocycles. The van der Waals surface area contributed by atoms with E-state index in [0.29, 0.717) is 31.8 Å². The average molecular weight is 835 g/mol. The monoisotopic (exact) mass is 834 g/mol. The summed E-state index contributed by atoms with van der Waals surface area (Å²) in [6.45, 7) is 12.5. The van der Waals surface area contributed by atoms with Gasteiger partial charge in [0.1, 0.15) is 17.8 Å². The number of hydrogen-bond donors (Lipinski definition) is 4. The summed E-state index contributed by atoms with van der Waals surface area (Å²) in [5, 5.41) is 21.2. The van der Waals surface area contributed by atoms with Crippen LogP contribution in [0.2, 0.25) is 0 Å². The van der Waals surface area contributed by atoms with Crippen molar-refractivity contribution in [3.8, 4) is 17.0 Å². The highest BCUT2D eigenvalue weighted by Crippen LogP contribution is 2.30. The number of alkyl carbamates (subject to hydrolysis) is 1. The van der Waals surface area contributed by atoms with Gasteiger partial charge in [0.25, 0.3) is 0 Å². The van der Waals surface area contributed by atoms with Crippen LogP contribution in [-0.4, -0.2) is 101 Å². The lowest BCUT2D eigenvalue weighted by atomic mass is 9.84. The van der Waals surface area contributed by atoms with Crippen molar-refractivity contribution in [2.24, 2.45) is 10.8 Å². The standard InChI is InChI=1S/C48H62N6O7/c1-47(2,3)41(52-45(58)61-8)43(56)50-36(27-33-20-22-35(23-21-33)38-19-12-13-24-49-38)30-40(55)39(29-32-15-10-9-11-16-32)51-44(57)42(48(4,5)6)54-26-25-53(46(54)59)31-34-17-14-18-37(28-34)60-7/h9-24,28,36,39-42,55H,25-27,29-31H2,1-8H3,(H,50,56)(H,51,57)(H,52,58)/t36-,39+,40+,41-,42-/m1/s1. The Labute approximate surface area is 360 Å². The maximum atomic E-state index is 14.6. The van der Waals surface area contributed by atoms with E-state index >= 15 is 0 Å². The number of carbonyl (C=O) groups excluding carboxylic acids is 4. The Morgan fingerprint density at radius 1 is 0.754 bits per heavy atom. The van der Waals surface area contributed by atoms with E-state index in [1.54, 1.807) is 23.1 Å². The first-order chi connectivity index (χ1) is 29.0. The molecule has 13 nitrogen and oxygen atoms in total. The van der Waals surface area contributed by atoms with Gasteiger partial charge < -0.3 is 40.3 Å². The van der Waals surface area contributed by atoms with E-state index in [1.807, 2.05) is 139 Å². The zero-order chi connectivity index (χ0) is 44.3. The SMILES string of the molecule is COC(=O)N[C@H](C(=O)N[C@H](Cc1ccc(-c2ccccn2)cc1)C[C@H](O)[C@H](Cc1ccccc1)NC(=O)[C@@H](N1CCN(Cc2cccc(OC)c2)C1=O)C(C)(C)C)C(C)(C)C. The van der Waals surface area contributed by atoms with Gasteiger partial charge in [-0.25, -0.2) is 9.59 Å². The minimum Gasteiger partial charge on any atom is -0.497 e. The summed E-state index contributed by atoms with van der Waals surface area (Å²) in [7, 11) is 2.84. The zero-order valence-electron chi connectivity index (χ0n) is 36.7. The molecule has 0 bridgehead atoms. The largest absolute Gasteiger partial charge is 0.497 e. The van der Waals surface area contributed by atoms with Crippen LogP contribution < -0.4 is 20.7 Å². The van der Waals surface area contributed by atoms with Gasteiger partial charge in [0.15, 0.2) is 0 Å². The number of aromatic nitrogens is 1. The van der Waals surface area contributed by atoms with Crippen LogP contribution in [0.25, 0.3) is 11.3 Å². The summed E-state index contributed by atoms with van der Waals surface area (Å²) >= 11 is 0. The molecule has 4 N–H and O–H groups in total. The van der Waals surface area contributed by atoms with Gasteiger partial charge in [0.05, 0.1) is 32.1 Å². The molecular weight excluding hydrogens is 773 g/mol. The van der Waals surface area contributed by atoms with Crippen LogP contribution in [0, 0.1) is 10.8 Å². The molecule has 1 aliphatic heterocycles. The molecule has 0 unspecified atom stereocenters. The number of benzene rings is 3. The molecule has 1 saturated heterocycles. The first-order valence-corrected chi connectivity index (χ1v) is 20.8. The third-order valence-corrected chi connectivity index (χ3v) is 11.0. The number of ether oxygens (including phenoxy) is 2. The fourth-order valence-electron chi connectivity index (χ4n) is 7.81. The number of carbonyl (C=O) groups is 4. The van der Waals surface area contributed by atoms with Gasteiger partial charge in [-0.1, -0.05) is 114 Å². The summed E-state index contributed by atoms with van der Waals surface area (Å²) < 4.78 is 10.2. The predicted octanol–water partition coefficient (Wildman–Crippen LogP) is 6.39. The molecule has 1 aliphatic rings. The maximum absolute atomic E-state index is 14.6. The predicted molar refractivity (Wildman–Crippen MR) is 236 cm³/mol. The summed E-state index contributed by atoms with van der Waals surface area (Å²) in [6.07, 6.45) is 0.522. The number of urea groups is 1. The second kappa shape index (κ2) is 20.5. The summed E-state index contributed by atoms with van der Waals surface area (Å²) in [4.78, 5) is 62.9.